The number of rotatable bonds is 15. The van der Waals surface area contributed by atoms with Crippen LogP contribution in [0.5, 0.6) is 0 Å². The quantitative estimate of drug-likeness (QED) is 0.0706. The predicted molar refractivity (Wildman–Crippen MR) is 404 cm³/mol. The number of nitrogens with zero attached hydrogens (tertiary/aromatic N) is 11. The molecule has 106 heavy (non-hydrogen) atoms. The maximum absolute atomic E-state index is 15.6. The summed E-state index contributed by atoms with van der Waals surface area (Å²) in [6.45, 7) is 17.6. The summed E-state index contributed by atoms with van der Waals surface area (Å²) in [6.07, 6.45) is 14.8. The predicted octanol–water partition coefficient (Wildman–Crippen LogP) is 14.0. The molecule has 3 saturated carbocycles. The van der Waals surface area contributed by atoms with E-state index in [1.807, 2.05) is 49.0 Å². The van der Waals surface area contributed by atoms with Crippen molar-refractivity contribution in [3.05, 3.63) is 130 Å². The number of hydrogen-bond acceptors (Lipinski definition) is 14. The van der Waals surface area contributed by atoms with Crippen LogP contribution in [0.25, 0.3) is 44.6 Å². The first kappa shape index (κ1) is 71.4. The number of carbonyl (C=O) groups is 4. The first-order chi connectivity index (χ1) is 51.1. The molecule has 4 aromatic carbocycles. The van der Waals surface area contributed by atoms with Crippen LogP contribution in [-0.4, -0.2) is 177 Å². The Hall–Kier alpha value is -8.84. The number of anilines is 6. The van der Waals surface area contributed by atoms with E-state index in [4.69, 9.17) is 24.7 Å². The molecule has 6 aliphatic heterocycles. The van der Waals surface area contributed by atoms with E-state index in [9.17, 15) is 28.0 Å². The van der Waals surface area contributed by atoms with E-state index in [1.165, 1.54) is 24.3 Å². The van der Waals surface area contributed by atoms with Gasteiger partial charge in [-0.1, -0.05) is 43.5 Å². The third-order valence-corrected chi connectivity index (χ3v) is 24.9. The Morgan fingerprint density at radius 1 is 0.528 bits per heavy atom. The fourth-order valence-electron chi connectivity index (χ4n) is 18.7. The van der Waals surface area contributed by atoms with E-state index in [0.29, 0.717) is 94.3 Å². The van der Waals surface area contributed by atoms with Crippen LogP contribution >= 0.6 is 0 Å². The lowest BCUT2D eigenvalue weighted by Crippen LogP contribution is -2.60. The van der Waals surface area contributed by atoms with Crippen LogP contribution in [0.15, 0.2) is 85.5 Å². The molecule has 10 heterocycles. The molecule has 24 heteroatoms. The number of hydrogen-bond donors (Lipinski definition) is 4. The number of aryl methyl sites for hydroxylation is 2. The number of amides is 4. The molecular formula is C82H97F4N15O5. The Balaban J connectivity index is 0.000000163. The standard InChI is InChI=1S/C42H50F2N8O3.C40H47F2N7O2/c1-24(2)51-23-46-36-19-34(47-39(38(36)51)48-35-18-31(40(53)45-4)25(3)14-33(35)44)26-7-8-32-37(15-26)52(29-16-28(17-29)50-11-5-6-27(43)20-50)41(54)42(32)9-12-49(13-10-42)30-21-55-22-30;1-23(2)48-22-44-34-20-32(45-37(36(34)48)46-33-19-29(38(50)43-4)24(3)15-31(33)42)25-10-11-30-35(16-25)49(39(51)40(30)12-6-5-7-13-40)28-17-27(18-28)47-14-8-9-26(41)21-47/h7-8,14-15,18-19,23-24,27-30H,5-6,9-13,16-17,20-22H2,1-4H3,(H,45,53)(H,47,48);10-11,15-16,19-20,22-23,26-28H,5-9,12-14,17-18,21H2,1-4H3,(H,43,50)(H,45,46)/t27-,28?,29?;26-,27?,28?/m11/s1. The SMILES string of the molecule is CNC(=O)c1cc(Nc2nc(-c3ccc4c(c3)N(C3CC(N5CCC[C@@H](F)C5)C3)C(=O)C43CCCCC3)cc3ncn(C(C)C)c23)c(F)cc1C.CNC(=O)c1cc(Nc2nc(-c3ccc4c(c3)N(C3CC(N5CCC[C@@H](F)C5)C3)C(=O)C43CCN(C4COC4)CC3)cc3ncn(C(C)C)c23)c(F)cc1C. The van der Waals surface area contributed by atoms with Crippen molar-refractivity contribution in [3.8, 4) is 22.5 Å². The Bertz CT molecular complexity index is 4760. The van der Waals surface area contributed by atoms with Crippen molar-refractivity contribution in [1.29, 1.82) is 0 Å². The lowest BCUT2D eigenvalue weighted by atomic mass is 9.70. The summed E-state index contributed by atoms with van der Waals surface area (Å²) < 4.78 is 69.2. The van der Waals surface area contributed by atoms with E-state index in [0.717, 1.165) is 168 Å². The number of piperidine rings is 3. The van der Waals surface area contributed by atoms with E-state index in [-0.39, 0.29) is 65.2 Å². The van der Waals surface area contributed by atoms with Gasteiger partial charge in [-0.25, -0.2) is 37.5 Å². The molecule has 9 aliphatic rings. The van der Waals surface area contributed by atoms with Crippen molar-refractivity contribution in [2.45, 2.75) is 203 Å². The molecule has 4 aromatic heterocycles. The minimum Gasteiger partial charge on any atom is -0.378 e. The van der Waals surface area contributed by atoms with Crippen LogP contribution in [-0.2, 0) is 25.2 Å². The van der Waals surface area contributed by atoms with Crippen molar-refractivity contribution in [1.82, 2.24) is 54.4 Å². The molecule has 3 aliphatic carbocycles. The van der Waals surface area contributed by atoms with Gasteiger partial charge in [0.1, 0.15) is 35.0 Å². The molecule has 2 spiro atoms. The van der Waals surface area contributed by atoms with Gasteiger partial charge in [0.15, 0.2) is 11.6 Å². The third-order valence-electron chi connectivity index (χ3n) is 24.9. The lowest BCUT2D eigenvalue weighted by Gasteiger charge is -2.49. The van der Waals surface area contributed by atoms with Gasteiger partial charge in [0.05, 0.1) is 76.5 Å². The van der Waals surface area contributed by atoms with Crippen LogP contribution < -0.4 is 31.1 Å². The Labute approximate surface area is 616 Å². The number of pyridine rings is 2. The molecule has 0 unspecified atom stereocenters. The number of likely N-dealkylation sites (tertiary alicyclic amines) is 3. The zero-order valence-corrected chi connectivity index (χ0v) is 62.0. The summed E-state index contributed by atoms with van der Waals surface area (Å²) in [5.41, 5.74) is 10.8. The molecule has 17 rings (SSSR count). The Kier molecular flexibility index (Phi) is 19.1. The van der Waals surface area contributed by atoms with Crippen LogP contribution in [0, 0.1) is 25.5 Å². The Morgan fingerprint density at radius 2 is 0.962 bits per heavy atom. The number of alkyl halides is 2. The second-order valence-corrected chi connectivity index (χ2v) is 31.9. The van der Waals surface area contributed by atoms with Crippen molar-refractivity contribution in [2.24, 2.45) is 0 Å². The number of benzene rings is 4. The smallest absolute Gasteiger partial charge is 0.251 e. The molecule has 4 amide bonds. The van der Waals surface area contributed by atoms with E-state index < -0.39 is 34.8 Å². The molecule has 558 valence electrons. The van der Waals surface area contributed by atoms with Crippen molar-refractivity contribution in [3.63, 3.8) is 0 Å². The highest BCUT2D eigenvalue weighted by Gasteiger charge is 2.58. The Morgan fingerprint density at radius 3 is 1.36 bits per heavy atom. The highest BCUT2D eigenvalue weighted by atomic mass is 19.1. The van der Waals surface area contributed by atoms with Gasteiger partial charge in [0.2, 0.25) is 11.8 Å². The number of carbonyl (C=O) groups excluding carboxylic acids is 4. The molecular weight excluding hydrogens is 1350 g/mol. The summed E-state index contributed by atoms with van der Waals surface area (Å²) in [6, 6.07) is 23.4. The minimum absolute atomic E-state index is 0.0392. The highest BCUT2D eigenvalue weighted by molar-refractivity contribution is 6.11. The van der Waals surface area contributed by atoms with Gasteiger partial charge in [-0.05, 0) is 216 Å². The van der Waals surface area contributed by atoms with Gasteiger partial charge in [-0.3, -0.25) is 33.9 Å². The van der Waals surface area contributed by atoms with E-state index in [1.54, 1.807) is 40.6 Å². The van der Waals surface area contributed by atoms with Gasteiger partial charge < -0.3 is 44.9 Å². The first-order valence-corrected chi connectivity index (χ1v) is 38.5. The monoisotopic (exact) mass is 1450 g/mol. The topological polar surface area (TPSA) is 203 Å². The van der Waals surface area contributed by atoms with Crippen molar-refractivity contribution in [2.75, 3.05) is 87.0 Å². The molecule has 8 aromatic rings. The summed E-state index contributed by atoms with van der Waals surface area (Å²) in [4.78, 5) is 85.6. The molecule has 7 fully saturated rings. The largest absolute Gasteiger partial charge is 0.378 e. The van der Waals surface area contributed by atoms with Gasteiger partial charge >= 0.3 is 0 Å². The fourth-order valence-corrected chi connectivity index (χ4v) is 18.7. The lowest BCUT2D eigenvalue weighted by molar-refractivity contribution is -0.128. The number of nitrogens with one attached hydrogen (secondary N) is 4. The number of imidazole rings is 2. The summed E-state index contributed by atoms with van der Waals surface area (Å²) in [7, 11) is 3.10. The highest BCUT2D eigenvalue weighted by Crippen LogP contribution is 2.56. The summed E-state index contributed by atoms with van der Waals surface area (Å²) in [5.74, 6) is -0.381. The van der Waals surface area contributed by atoms with Gasteiger partial charge in [-0.2, -0.15) is 0 Å². The number of aromatic nitrogens is 6. The van der Waals surface area contributed by atoms with Crippen LogP contribution in [0.3, 0.4) is 0 Å². The second-order valence-electron chi connectivity index (χ2n) is 31.9. The zero-order valence-electron chi connectivity index (χ0n) is 62.0. The number of halogens is 4. The van der Waals surface area contributed by atoms with Gasteiger partial charge in [-0.15, -0.1) is 0 Å². The molecule has 2 atom stereocenters. The summed E-state index contributed by atoms with van der Waals surface area (Å²) >= 11 is 0. The first-order valence-electron chi connectivity index (χ1n) is 38.5. The second kappa shape index (κ2) is 28.4. The maximum atomic E-state index is 15.6. The van der Waals surface area contributed by atoms with E-state index in [2.05, 4.69) is 82.2 Å². The average molecular weight is 1450 g/mol. The molecule has 0 bridgehead atoms. The van der Waals surface area contributed by atoms with Gasteiger partial charge in [0.25, 0.3) is 11.8 Å². The molecule has 4 saturated heterocycles. The summed E-state index contributed by atoms with van der Waals surface area (Å²) in [5, 5.41) is 11.7. The van der Waals surface area contributed by atoms with Crippen molar-refractivity contribution >= 4 is 80.1 Å². The van der Waals surface area contributed by atoms with E-state index >= 15 is 8.78 Å². The zero-order chi connectivity index (χ0) is 73.8. The van der Waals surface area contributed by atoms with Crippen LogP contribution in [0.1, 0.15) is 179 Å². The number of fused-ring (bicyclic) bond motifs is 6. The van der Waals surface area contributed by atoms with Crippen LogP contribution in [0.2, 0.25) is 0 Å². The number of ether oxygens (including phenoxy) is 1. The third kappa shape index (κ3) is 12.6. The average Bonchev–Trinajstić information content (AvgIpc) is 1.56. The fraction of sp³-hybridized carbons (Fsp3) is 0.512. The van der Waals surface area contributed by atoms with Crippen LogP contribution in [0.4, 0.5) is 51.9 Å². The molecule has 4 N–H and O–H groups in total. The normalized spacial score (nSPS) is 23.8. The van der Waals surface area contributed by atoms with Crippen molar-refractivity contribution < 1.29 is 41.5 Å². The maximum Gasteiger partial charge on any atom is 0.251 e. The minimum atomic E-state index is -0.782. The molecule has 20 nitrogen and oxygen atoms in total. The van der Waals surface area contributed by atoms with Gasteiger partial charge in [0, 0.05) is 97.1 Å². The molecule has 0 radical (unpaired) electrons.